The van der Waals surface area contributed by atoms with Gasteiger partial charge in [0.25, 0.3) is 5.91 Å². The Bertz CT molecular complexity index is 1060. The Morgan fingerprint density at radius 2 is 1.62 bits per heavy atom. The van der Waals surface area contributed by atoms with Crippen molar-refractivity contribution in [2.45, 2.75) is 4.90 Å². The zero-order valence-electron chi connectivity index (χ0n) is 14.9. The van der Waals surface area contributed by atoms with Gasteiger partial charge >= 0.3 is 0 Å². The van der Waals surface area contributed by atoms with E-state index in [1.165, 1.54) is 48.2 Å². The molecule has 0 fully saturated rings. The maximum Gasteiger partial charge on any atom is 0.258 e. The van der Waals surface area contributed by atoms with Gasteiger partial charge in [-0.15, -0.1) is 11.8 Å². The maximum atomic E-state index is 13.7. The molecule has 0 bridgehead atoms. The molecular weight excluding hydrogens is 418 g/mol. The number of halogens is 3. The second kappa shape index (κ2) is 9.54. The van der Waals surface area contributed by atoms with Gasteiger partial charge < -0.3 is 10.6 Å². The van der Waals surface area contributed by atoms with Crippen LogP contribution in [0.1, 0.15) is 10.4 Å². The number of hydrogen-bond donors (Lipinski definition) is 2. The van der Waals surface area contributed by atoms with Crippen molar-refractivity contribution in [2.75, 3.05) is 16.4 Å². The molecule has 148 valence electrons. The van der Waals surface area contributed by atoms with Crippen molar-refractivity contribution in [1.29, 1.82) is 0 Å². The SMILES string of the molecule is O=C(CSc1cccc(NC(=O)c2ccccc2F)c1)Nc1ccc(F)c(Cl)c1. The molecule has 4 nitrogen and oxygen atoms in total. The minimum atomic E-state index is -0.604. The van der Waals surface area contributed by atoms with Gasteiger partial charge in [-0.1, -0.05) is 29.8 Å². The fourth-order valence-electron chi connectivity index (χ4n) is 2.43. The Morgan fingerprint density at radius 1 is 0.862 bits per heavy atom. The first kappa shape index (κ1) is 20.8. The zero-order valence-corrected chi connectivity index (χ0v) is 16.5. The Morgan fingerprint density at radius 3 is 2.38 bits per heavy atom. The van der Waals surface area contributed by atoms with Gasteiger partial charge in [0.05, 0.1) is 16.3 Å². The monoisotopic (exact) mass is 432 g/mol. The third-order valence-corrected chi connectivity index (χ3v) is 5.07. The molecule has 0 saturated heterocycles. The van der Waals surface area contributed by atoms with Crippen molar-refractivity contribution < 1.29 is 18.4 Å². The molecule has 0 unspecified atom stereocenters. The van der Waals surface area contributed by atoms with E-state index >= 15 is 0 Å². The van der Waals surface area contributed by atoms with E-state index in [1.807, 2.05) is 0 Å². The molecule has 0 aliphatic heterocycles. The molecule has 0 aliphatic carbocycles. The third kappa shape index (κ3) is 5.79. The summed E-state index contributed by atoms with van der Waals surface area (Å²) in [6.07, 6.45) is 0. The molecule has 3 rings (SSSR count). The predicted octanol–water partition coefficient (Wildman–Crippen LogP) is 5.60. The van der Waals surface area contributed by atoms with E-state index < -0.39 is 17.5 Å². The van der Waals surface area contributed by atoms with Gasteiger partial charge in [0, 0.05) is 16.3 Å². The largest absolute Gasteiger partial charge is 0.325 e. The number of thioether (sulfide) groups is 1. The lowest BCUT2D eigenvalue weighted by atomic mass is 10.2. The molecule has 0 heterocycles. The van der Waals surface area contributed by atoms with Crippen LogP contribution in [-0.2, 0) is 4.79 Å². The molecule has 8 heteroatoms. The molecule has 0 aromatic heterocycles. The molecule has 0 radical (unpaired) electrons. The van der Waals surface area contributed by atoms with E-state index in [0.717, 1.165) is 4.90 Å². The Labute approximate surface area is 175 Å². The highest BCUT2D eigenvalue weighted by molar-refractivity contribution is 8.00. The lowest BCUT2D eigenvalue weighted by Crippen LogP contribution is -2.14. The smallest absolute Gasteiger partial charge is 0.258 e. The first-order valence-electron chi connectivity index (χ1n) is 8.46. The Balaban J connectivity index is 1.58. The molecule has 3 aromatic carbocycles. The lowest BCUT2D eigenvalue weighted by molar-refractivity contribution is -0.113. The molecule has 0 spiro atoms. The van der Waals surface area contributed by atoms with Crippen LogP contribution < -0.4 is 10.6 Å². The van der Waals surface area contributed by atoms with E-state index in [-0.39, 0.29) is 22.2 Å². The van der Waals surface area contributed by atoms with Crippen LogP contribution in [0.2, 0.25) is 5.02 Å². The summed E-state index contributed by atoms with van der Waals surface area (Å²) in [4.78, 5) is 25.0. The molecule has 0 saturated carbocycles. The Hall–Kier alpha value is -2.90. The second-order valence-corrected chi connectivity index (χ2v) is 7.38. The number of nitrogens with one attached hydrogen (secondary N) is 2. The van der Waals surface area contributed by atoms with Crippen LogP contribution in [0.4, 0.5) is 20.2 Å². The fraction of sp³-hybridized carbons (Fsp3) is 0.0476. The molecule has 2 N–H and O–H groups in total. The van der Waals surface area contributed by atoms with Crippen molar-refractivity contribution in [1.82, 2.24) is 0 Å². The molecule has 2 amide bonds. The number of rotatable bonds is 6. The molecule has 3 aromatic rings. The van der Waals surface area contributed by atoms with Crippen LogP contribution in [0.25, 0.3) is 0 Å². The van der Waals surface area contributed by atoms with E-state index in [1.54, 1.807) is 30.3 Å². The summed E-state index contributed by atoms with van der Waals surface area (Å²) in [7, 11) is 0. The summed E-state index contributed by atoms with van der Waals surface area (Å²) in [6.45, 7) is 0. The van der Waals surface area contributed by atoms with Crippen LogP contribution >= 0.6 is 23.4 Å². The van der Waals surface area contributed by atoms with Crippen LogP contribution in [0.3, 0.4) is 0 Å². The minimum absolute atomic E-state index is 0.0529. The van der Waals surface area contributed by atoms with Gasteiger partial charge in [-0.25, -0.2) is 8.78 Å². The van der Waals surface area contributed by atoms with E-state index in [9.17, 15) is 18.4 Å². The van der Waals surface area contributed by atoms with Crippen LogP contribution in [0.5, 0.6) is 0 Å². The van der Waals surface area contributed by atoms with E-state index in [2.05, 4.69) is 10.6 Å². The van der Waals surface area contributed by atoms with Crippen molar-refractivity contribution in [2.24, 2.45) is 0 Å². The van der Waals surface area contributed by atoms with Gasteiger partial charge in [-0.3, -0.25) is 9.59 Å². The fourth-order valence-corrected chi connectivity index (χ4v) is 3.36. The zero-order chi connectivity index (χ0) is 20.8. The number of anilines is 2. The first-order valence-corrected chi connectivity index (χ1v) is 9.82. The topological polar surface area (TPSA) is 58.2 Å². The first-order chi connectivity index (χ1) is 13.9. The quantitative estimate of drug-likeness (QED) is 0.498. The summed E-state index contributed by atoms with van der Waals surface area (Å²) >= 11 is 6.94. The van der Waals surface area contributed by atoms with E-state index in [4.69, 9.17) is 11.6 Å². The van der Waals surface area contributed by atoms with E-state index in [0.29, 0.717) is 11.4 Å². The minimum Gasteiger partial charge on any atom is -0.325 e. The van der Waals surface area contributed by atoms with Crippen molar-refractivity contribution in [3.63, 3.8) is 0 Å². The lowest BCUT2D eigenvalue weighted by Gasteiger charge is -2.09. The highest BCUT2D eigenvalue weighted by atomic mass is 35.5. The van der Waals surface area contributed by atoms with Crippen molar-refractivity contribution >= 4 is 46.6 Å². The van der Waals surface area contributed by atoms with Gasteiger partial charge in [0.15, 0.2) is 0 Å². The molecular formula is C21H15ClF2N2O2S. The molecule has 0 aliphatic rings. The van der Waals surface area contributed by atoms with Gasteiger partial charge in [-0.05, 0) is 48.5 Å². The van der Waals surface area contributed by atoms with Crippen LogP contribution in [0.15, 0.2) is 71.6 Å². The average Bonchev–Trinajstić information content (AvgIpc) is 2.70. The van der Waals surface area contributed by atoms with Crippen LogP contribution in [-0.4, -0.2) is 17.6 Å². The number of carbonyl (C=O) groups is 2. The summed E-state index contributed by atoms with van der Waals surface area (Å²) < 4.78 is 26.9. The summed E-state index contributed by atoms with van der Waals surface area (Å²) in [5.74, 6) is -1.92. The molecule has 29 heavy (non-hydrogen) atoms. The molecule has 0 atom stereocenters. The average molecular weight is 433 g/mol. The highest BCUT2D eigenvalue weighted by Crippen LogP contribution is 2.23. The Kier molecular flexibility index (Phi) is 6.85. The normalized spacial score (nSPS) is 10.4. The van der Waals surface area contributed by atoms with Gasteiger partial charge in [-0.2, -0.15) is 0 Å². The van der Waals surface area contributed by atoms with Gasteiger partial charge in [0.1, 0.15) is 11.6 Å². The number of carbonyl (C=O) groups excluding carboxylic acids is 2. The van der Waals surface area contributed by atoms with Crippen molar-refractivity contribution in [3.8, 4) is 0 Å². The summed E-state index contributed by atoms with van der Waals surface area (Å²) in [5, 5.41) is 5.19. The number of benzene rings is 3. The number of hydrogen-bond acceptors (Lipinski definition) is 3. The third-order valence-electron chi connectivity index (χ3n) is 3.78. The highest BCUT2D eigenvalue weighted by Gasteiger charge is 2.11. The second-order valence-electron chi connectivity index (χ2n) is 5.93. The predicted molar refractivity (Wildman–Crippen MR) is 112 cm³/mol. The maximum absolute atomic E-state index is 13.7. The summed E-state index contributed by atoms with van der Waals surface area (Å²) in [6, 6.07) is 16.5. The van der Waals surface area contributed by atoms with Gasteiger partial charge in [0.2, 0.25) is 5.91 Å². The number of amides is 2. The summed E-state index contributed by atoms with van der Waals surface area (Å²) in [5.41, 5.74) is 0.824. The van der Waals surface area contributed by atoms with Crippen molar-refractivity contribution in [3.05, 3.63) is 89.0 Å². The van der Waals surface area contributed by atoms with Crippen LogP contribution in [0, 0.1) is 11.6 Å². The standard InChI is InChI=1S/C21H15ClF2N2O2S/c22-17-11-14(8-9-19(17)24)25-20(27)12-29-15-5-3-4-13(10-15)26-21(28)16-6-1-2-7-18(16)23/h1-11H,12H2,(H,25,27)(H,26,28).